The van der Waals surface area contributed by atoms with Gasteiger partial charge in [-0.05, 0) is 19.2 Å². The third-order valence-corrected chi connectivity index (χ3v) is 3.05. The van der Waals surface area contributed by atoms with Gasteiger partial charge >= 0.3 is 5.97 Å². The van der Waals surface area contributed by atoms with E-state index in [0.717, 1.165) is 4.88 Å². The van der Waals surface area contributed by atoms with Crippen molar-refractivity contribution >= 4 is 23.2 Å². The molecular formula is C10H14N2O3S. The third kappa shape index (κ3) is 3.63. The normalized spacial score (nSPS) is 10.4. The monoisotopic (exact) mass is 242 g/mol. The van der Waals surface area contributed by atoms with Crippen LogP contribution in [0.2, 0.25) is 0 Å². The second-order valence-electron chi connectivity index (χ2n) is 3.42. The summed E-state index contributed by atoms with van der Waals surface area (Å²) in [4.78, 5) is 24.8. The minimum absolute atomic E-state index is 0.0579. The molecule has 1 aromatic heterocycles. The van der Waals surface area contributed by atoms with E-state index in [9.17, 15) is 9.59 Å². The summed E-state index contributed by atoms with van der Waals surface area (Å²) in [5.74, 6) is -0.970. The lowest BCUT2D eigenvalue weighted by molar-refractivity contribution is -0.121. The fourth-order valence-corrected chi connectivity index (χ4v) is 2.15. The van der Waals surface area contributed by atoms with Gasteiger partial charge in [-0.25, -0.2) is 4.79 Å². The fourth-order valence-electron chi connectivity index (χ4n) is 1.22. The van der Waals surface area contributed by atoms with Crippen LogP contribution in [0.25, 0.3) is 0 Å². The number of nitrogens with one attached hydrogen (secondary N) is 1. The van der Waals surface area contributed by atoms with Crippen LogP contribution in [-0.2, 0) is 11.3 Å². The Morgan fingerprint density at radius 3 is 2.69 bits per heavy atom. The van der Waals surface area contributed by atoms with Crippen molar-refractivity contribution in [2.75, 3.05) is 20.6 Å². The van der Waals surface area contributed by atoms with E-state index in [1.807, 2.05) is 11.9 Å². The Morgan fingerprint density at radius 2 is 2.19 bits per heavy atom. The first-order chi connectivity index (χ1) is 7.52. The molecule has 0 aromatic carbocycles. The van der Waals surface area contributed by atoms with E-state index in [4.69, 9.17) is 5.11 Å². The quantitative estimate of drug-likeness (QED) is 0.794. The first-order valence-electron chi connectivity index (χ1n) is 4.74. The van der Waals surface area contributed by atoms with Gasteiger partial charge in [0.2, 0.25) is 5.91 Å². The Kier molecular flexibility index (Phi) is 4.45. The van der Waals surface area contributed by atoms with Crippen molar-refractivity contribution in [1.82, 2.24) is 10.2 Å². The molecule has 2 N–H and O–H groups in total. The number of thiophene rings is 1. The highest BCUT2D eigenvalue weighted by Crippen LogP contribution is 2.17. The minimum atomic E-state index is -0.912. The van der Waals surface area contributed by atoms with Gasteiger partial charge in [-0.3, -0.25) is 9.69 Å². The van der Waals surface area contributed by atoms with Gasteiger partial charge in [-0.15, -0.1) is 11.3 Å². The summed E-state index contributed by atoms with van der Waals surface area (Å²) in [7, 11) is 3.40. The van der Waals surface area contributed by atoms with Gasteiger partial charge in [-0.1, -0.05) is 0 Å². The molecule has 0 bridgehead atoms. The minimum Gasteiger partial charge on any atom is -0.477 e. The van der Waals surface area contributed by atoms with Crippen molar-refractivity contribution in [3.8, 4) is 0 Å². The number of rotatable bonds is 5. The van der Waals surface area contributed by atoms with E-state index >= 15 is 0 Å². The van der Waals surface area contributed by atoms with Gasteiger partial charge < -0.3 is 10.4 Å². The van der Waals surface area contributed by atoms with Crippen LogP contribution >= 0.6 is 11.3 Å². The van der Waals surface area contributed by atoms with E-state index in [1.54, 1.807) is 19.2 Å². The lowest BCUT2D eigenvalue weighted by atomic mass is 10.4. The standard InChI is InChI=1S/C10H14N2O3S/c1-11-9(13)6-12(2)5-7-3-4-8(16-7)10(14)15/h3-4H,5-6H2,1-2H3,(H,11,13)(H,14,15). The van der Waals surface area contributed by atoms with E-state index in [-0.39, 0.29) is 5.91 Å². The molecule has 0 aliphatic heterocycles. The smallest absolute Gasteiger partial charge is 0.345 e. The largest absolute Gasteiger partial charge is 0.477 e. The lowest BCUT2D eigenvalue weighted by Gasteiger charge is -2.13. The van der Waals surface area contributed by atoms with Gasteiger partial charge in [0.25, 0.3) is 0 Å². The molecule has 1 heterocycles. The van der Waals surface area contributed by atoms with Crippen molar-refractivity contribution in [1.29, 1.82) is 0 Å². The van der Waals surface area contributed by atoms with Crippen molar-refractivity contribution in [2.45, 2.75) is 6.54 Å². The van der Waals surface area contributed by atoms with Crippen LogP contribution in [0, 0.1) is 0 Å². The van der Waals surface area contributed by atoms with E-state index in [0.29, 0.717) is 18.0 Å². The number of aromatic carboxylic acids is 1. The predicted molar refractivity (Wildman–Crippen MR) is 61.7 cm³/mol. The number of amides is 1. The highest BCUT2D eigenvalue weighted by atomic mass is 32.1. The Morgan fingerprint density at radius 1 is 1.50 bits per heavy atom. The van der Waals surface area contributed by atoms with Gasteiger partial charge in [0, 0.05) is 18.5 Å². The molecule has 0 aliphatic carbocycles. The number of hydrogen-bond donors (Lipinski definition) is 2. The van der Waals surface area contributed by atoms with Crippen molar-refractivity contribution in [3.63, 3.8) is 0 Å². The zero-order chi connectivity index (χ0) is 12.1. The maximum atomic E-state index is 11.1. The molecule has 5 nitrogen and oxygen atoms in total. The maximum absolute atomic E-state index is 11.1. The van der Waals surface area contributed by atoms with Crippen LogP contribution in [0.15, 0.2) is 12.1 Å². The van der Waals surface area contributed by atoms with Gasteiger partial charge in [0.1, 0.15) is 4.88 Å². The Hall–Kier alpha value is -1.40. The molecule has 1 rings (SSSR count). The number of hydrogen-bond acceptors (Lipinski definition) is 4. The first-order valence-corrected chi connectivity index (χ1v) is 5.55. The van der Waals surface area contributed by atoms with Gasteiger partial charge in [0.15, 0.2) is 0 Å². The molecule has 0 atom stereocenters. The highest BCUT2D eigenvalue weighted by molar-refractivity contribution is 7.13. The predicted octanol–water partition coefficient (Wildman–Crippen LogP) is 0.624. The first kappa shape index (κ1) is 12.7. The summed E-state index contributed by atoms with van der Waals surface area (Å²) in [6, 6.07) is 3.35. The fraction of sp³-hybridized carbons (Fsp3) is 0.400. The van der Waals surface area contributed by atoms with Crippen molar-refractivity contribution in [3.05, 3.63) is 21.9 Å². The van der Waals surface area contributed by atoms with Gasteiger partial charge in [0.05, 0.1) is 6.54 Å². The van der Waals surface area contributed by atoms with Crippen LogP contribution in [0.1, 0.15) is 14.5 Å². The number of carboxylic acid groups (broad SMARTS) is 1. The number of carboxylic acids is 1. The number of nitrogens with zero attached hydrogens (tertiary/aromatic N) is 1. The molecule has 1 amide bonds. The molecule has 88 valence electrons. The molecule has 0 unspecified atom stereocenters. The molecular weight excluding hydrogens is 228 g/mol. The summed E-state index contributed by atoms with van der Waals surface area (Å²) in [5.41, 5.74) is 0. The number of carbonyl (C=O) groups excluding carboxylic acids is 1. The van der Waals surface area contributed by atoms with E-state index in [2.05, 4.69) is 5.32 Å². The summed E-state index contributed by atoms with van der Waals surface area (Å²) < 4.78 is 0. The summed E-state index contributed by atoms with van der Waals surface area (Å²) >= 11 is 1.23. The zero-order valence-electron chi connectivity index (χ0n) is 9.19. The molecule has 0 fully saturated rings. The highest BCUT2D eigenvalue weighted by Gasteiger charge is 2.10. The van der Waals surface area contributed by atoms with Crippen LogP contribution in [-0.4, -0.2) is 42.5 Å². The lowest BCUT2D eigenvalue weighted by Crippen LogP contribution is -2.32. The molecule has 16 heavy (non-hydrogen) atoms. The van der Waals surface area contributed by atoms with Crippen molar-refractivity contribution < 1.29 is 14.7 Å². The number of likely N-dealkylation sites (N-methyl/N-ethyl adjacent to an activating group) is 2. The van der Waals surface area contributed by atoms with Crippen molar-refractivity contribution in [2.24, 2.45) is 0 Å². The molecule has 1 aromatic rings. The summed E-state index contributed by atoms with van der Waals surface area (Å²) in [6.45, 7) is 0.877. The molecule has 0 aliphatic rings. The molecule has 0 spiro atoms. The van der Waals surface area contributed by atoms with Crippen LogP contribution in [0.4, 0.5) is 0 Å². The third-order valence-electron chi connectivity index (χ3n) is 1.99. The van der Waals surface area contributed by atoms with Gasteiger partial charge in [-0.2, -0.15) is 0 Å². The second-order valence-corrected chi connectivity index (χ2v) is 4.58. The van der Waals surface area contributed by atoms with E-state index < -0.39 is 5.97 Å². The summed E-state index contributed by atoms with van der Waals surface area (Å²) in [5, 5.41) is 11.3. The van der Waals surface area contributed by atoms with Crippen LogP contribution in [0.5, 0.6) is 0 Å². The topological polar surface area (TPSA) is 69.6 Å². The Balaban J connectivity index is 2.52. The average molecular weight is 242 g/mol. The molecule has 0 saturated heterocycles. The van der Waals surface area contributed by atoms with E-state index in [1.165, 1.54) is 11.3 Å². The Labute approximate surface area is 97.7 Å². The molecule has 6 heteroatoms. The number of carbonyl (C=O) groups is 2. The Bertz CT molecular complexity index is 389. The van der Waals surface area contributed by atoms with Crippen LogP contribution < -0.4 is 5.32 Å². The average Bonchev–Trinajstić information content (AvgIpc) is 2.65. The SMILES string of the molecule is CNC(=O)CN(C)Cc1ccc(C(=O)O)s1. The van der Waals surface area contributed by atoms with Crippen LogP contribution in [0.3, 0.4) is 0 Å². The molecule has 0 saturated carbocycles. The maximum Gasteiger partial charge on any atom is 0.345 e. The zero-order valence-corrected chi connectivity index (χ0v) is 10.0. The summed E-state index contributed by atoms with van der Waals surface area (Å²) in [6.07, 6.45) is 0. The second kappa shape index (κ2) is 5.62. The molecule has 0 radical (unpaired) electrons.